The van der Waals surface area contributed by atoms with Crippen molar-refractivity contribution in [2.75, 3.05) is 19.0 Å². The Labute approximate surface area is 153 Å². The molecule has 0 bridgehead atoms. The van der Waals surface area contributed by atoms with Gasteiger partial charge in [-0.1, -0.05) is 30.0 Å². The second-order valence-electron chi connectivity index (χ2n) is 5.79. The number of hydrogen-bond donors (Lipinski definition) is 0. The summed E-state index contributed by atoms with van der Waals surface area (Å²) in [6, 6.07) is 10.4. The van der Waals surface area contributed by atoms with Crippen LogP contribution in [0.2, 0.25) is 0 Å². The fraction of sp³-hybridized carbons (Fsp3) is 0.222. The fourth-order valence-electron chi connectivity index (χ4n) is 2.48. The Bertz CT molecular complexity index is 873. The van der Waals surface area contributed by atoms with Gasteiger partial charge in [-0.3, -0.25) is 4.57 Å². The lowest BCUT2D eigenvalue weighted by molar-refractivity contribution is -0.137. The van der Waals surface area contributed by atoms with Crippen molar-refractivity contribution < 1.29 is 13.2 Å². The summed E-state index contributed by atoms with van der Waals surface area (Å²) in [4.78, 5) is 10.3. The van der Waals surface area contributed by atoms with E-state index in [-0.39, 0.29) is 0 Å². The molecule has 0 atom stereocenters. The van der Waals surface area contributed by atoms with Crippen LogP contribution >= 0.6 is 11.8 Å². The highest BCUT2D eigenvalue weighted by Crippen LogP contribution is 2.30. The smallest absolute Gasteiger partial charge is 0.377 e. The molecular weight excluding hydrogens is 361 g/mol. The van der Waals surface area contributed by atoms with Crippen molar-refractivity contribution in [1.29, 1.82) is 0 Å². The van der Waals surface area contributed by atoms with Crippen LogP contribution in [0.3, 0.4) is 0 Å². The van der Waals surface area contributed by atoms with E-state index >= 15 is 0 Å². The standard InChI is InChI=1S/C18H17F3N4S/c1-24(2)15-6-4-3-5-13(15)12-26-17-22-9-10-25(17)16-8-7-14(11-23-16)18(19,20)21/h3-11H,12H2,1-2H3. The van der Waals surface area contributed by atoms with Gasteiger partial charge < -0.3 is 4.90 Å². The van der Waals surface area contributed by atoms with E-state index in [2.05, 4.69) is 9.97 Å². The largest absolute Gasteiger partial charge is 0.417 e. The minimum atomic E-state index is -4.39. The summed E-state index contributed by atoms with van der Waals surface area (Å²) in [5, 5.41) is 0.672. The lowest BCUT2D eigenvalue weighted by atomic mass is 10.2. The summed E-state index contributed by atoms with van der Waals surface area (Å²) < 4.78 is 39.7. The van der Waals surface area contributed by atoms with Gasteiger partial charge in [-0.05, 0) is 23.8 Å². The fourth-order valence-corrected chi connectivity index (χ4v) is 3.44. The van der Waals surface area contributed by atoms with Gasteiger partial charge in [0, 0.05) is 44.1 Å². The van der Waals surface area contributed by atoms with Crippen molar-refractivity contribution in [2.45, 2.75) is 17.1 Å². The Hall–Kier alpha value is -2.48. The highest BCUT2D eigenvalue weighted by molar-refractivity contribution is 7.98. The van der Waals surface area contributed by atoms with E-state index in [1.54, 1.807) is 17.0 Å². The SMILES string of the molecule is CN(C)c1ccccc1CSc1nccn1-c1ccc(C(F)(F)F)cn1. The van der Waals surface area contributed by atoms with Crippen LogP contribution in [0.25, 0.3) is 5.82 Å². The summed E-state index contributed by atoms with van der Waals surface area (Å²) in [5.74, 6) is 1.09. The molecule has 136 valence electrons. The van der Waals surface area contributed by atoms with Gasteiger partial charge in [0.15, 0.2) is 5.16 Å². The van der Waals surface area contributed by atoms with Crippen LogP contribution in [0.1, 0.15) is 11.1 Å². The topological polar surface area (TPSA) is 34.0 Å². The van der Waals surface area contributed by atoms with Crippen molar-refractivity contribution in [3.05, 3.63) is 66.1 Å². The van der Waals surface area contributed by atoms with Gasteiger partial charge in [-0.2, -0.15) is 13.2 Å². The van der Waals surface area contributed by atoms with Crippen LogP contribution in [-0.4, -0.2) is 28.6 Å². The molecule has 0 radical (unpaired) electrons. The van der Waals surface area contributed by atoms with E-state index in [9.17, 15) is 13.2 Å². The normalized spacial score (nSPS) is 11.6. The van der Waals surface area contributed by atoms with Gasteiger partial charge in [0.25, 0.3) is 0 Å². The summed E-state index contributed by atoms with van der Waals surface area (Å²) in [5.41, 5.74) is 1.50. The zero-order valence-corrected chi connectivity index (χ0v) is 15.1. The maximum atomic E-state index is 12.7. The molecule has 0 saturated carbocycles. The third kappa shape index (κ3) is 4.01. The summed E-state index contributed by atoms with van der Waals surface area (Å²) >= 11 is 1.51. The molecule has 0 aliphatic heterocycles. The second-order valence-corrected chi connectivity index (χ2v) is 6.74. The quantitative estimate of drug-likeness (QED) is 0.606. The predicted molar refractivity (Wildman–Crippen MR) is 96.7 cm³/mol. The van der Waals surface area contributed by atoms with Crippen LogP contribution in [-0.2, 0) is 11.9 Å². The van der Waals surface area contributed by atoms with E-state index in [0.717, 1.165) is 23.5 Å². The molecule has 0 fully saturated rings. The lowest BCUT2D eigenvalue weighted by Gasteiger charge is -2.17. The average molecular weight is 378 g/mol. The number of halogens is 3. The van der Waals surface area contributed by atoms with Crippen molar-refractivity contribution in [2.24, 2.45) is 0 Å². The molecule has 1 aromatic carbocycles. The molecule has 0 spiro atoms. The molecule has 3 aromatic rings. The van der Waals surface area contributed by atoms with E-state index in [4.69, 9.17) is 0 Å². The molecule has 0 N–H and O–H groups in total. The number of rotatable bonds is 5. The van der Waals surface area contributed by atoms with E-state index < -0.39 is 11.7 Å². The van der Waals surface area contributed by atoms with E-state index in [1.807, 2.05) is 43.3 Å². The Kier molecular flexibility index (Phi) is 5.22. The molecule has 0 saturated heterocycles. The average Bonchev–Trinajstić information content (AvgIpc) is 3.08. The van der Waals surface area contributed by atoms with E-state index in [0.29, 0.717) is 16.7 Å². The first-order valence-electron chi connectivity index (χ1n) is 7.81. The first-order valence-corrected chi connectivity index (χ1v) is 8.80. The lowest BCUT2D eigenvalue weighted by Crippen LogP contribution is -2.10. The number of thioether (sulfide) groups is 1. The molecule has 0 amide bonds. The molecule has 26 heavy (non-hydrogen) atoms. The number of pyridine rings is 1. The van der Waals surface area contributed by atoms with Gasteiger partial charge >= 0.3 is 6.18 Å². The van der Waals surface area contributed by atoms with Crippen LogP contribution in [0.15, 0.2) is 60.1 Å². The third-order valence-corrected chi connectivity index (χ3v) is 4.77. The van der Waals surface area contributed by atoms with Crippen LogP contribution in [0.5, 0.6) is 0 Å². The monoisotopic (exact) mass is 378 g/mol. The number of anilines is 1. The molecule has 2 heterocycles. The van der Waals surface area contributed by atoms with Crippen LogP contribution < -0.4 is 4.90 Å². The summed E-state index contributed by atoms with van der Waals surface area (Å²) in [6.07, 6.45) is -0.256. The Morgan fingerprint density at radius 3 is 2.50 bits per heavy atom. The van der Waals surface area contributed by atoms with Gasteiger partial charge in [-0.25, -0.2) is 9.97 Å². The zero-order chi connectivity index (χ0) is 18.7. The second kappa shape index (κ2) is 7.41. The minimum Gasteiger partial charge on any atom is -0.377 e. The molecule has 4 nitrogen and oxygen atoms in total. The van der Waals surface area contributed by atoms with E-state index in [1.165, 1.54) is 17.8 Å². The van der Waals surface area contributed by atoms with Gasteiger partial charge in [0.05, 0.1) is 5.56 Å². The van der Waals surface area contributed by atoms with Gasteiger partial charge in [0.2, 0.25) is 0 Å². The van der Waals surface area contributed by atoms with Crippen molar-refractivity contribution in [1.82, 2.24) is 14.5 Å². The number of alkyl halides is 3. The molecule has 8 heteroatoms. The Morgan fingerprint density at radius 2 is 1.85 bits per heavy atom. The number of hydrogen-bond acceptors (Lipinski definition) is 4. The number of nitrogens with zero attached hydrogens (tertiary/aromatic N) is 4. The first-order chi connectivity index (χ1) is 12.4. The van der Waals surface area contributed by atoms with Crippen LogP contribution in [0, 0.1) is 0 Å². The number of aromatic nitrogens is 3. The molecule has 3 rings (SSSR count). The Morgan fingerprint density at radius 1 is 1.08 bits per heavy atom. The Balaban J connectivity index is 1.80. The highest BCUT2D eigenvalue weighted by Gasteiger charge is 2.30. The number of benzene rings is 1. The molecule has 0 aliphatic carbocycles. The minimum absolute atomic E-state index is 0.402. The van der Waals surface area contributed by atoms with Gasteiger partial charge in [0.1, 0.15) is 5.82 Å². The van der Waals surface area contributed by atoms with Crippen LogP contribution in [0.4, 0.5) is 18.9 Å². The predicted octanol–water partition coefficient (Wildman–Crippen LogP) is 4.64. The molecule has 0 aliphatic rings. The van der Waals surface area contributed by atoms with Crippen molar-refractivity contribution in [3.63, 3.8) is 0 Å². The van der Waals surface area contributed by atoms with Gasteiger partial charge in [-0.15, -0.1) is 0 Å². The third-order valence-electron chi connectivity index (χ3n) is 3.76. The summed E-state index contributed by atoms with van der Waals surface area (Å²) in [6.45, 7) is 0. The molecule has 2 aromatic heterocycles. The maximum Gasteiger partial charge on any atom is 0.417 e. The molecular formula is C18H17F3N4S. The zero-order valence-electron chi connectivity index (χ0n) is 14.2. The highest BCUT2D eigenvalue weighted by atomic mass is 32.2. The van der Waals surface area contributed by atoms with Crippen molar-refractivity contribution >= 4 is 17.4 Å². The van der Waals surface area contributed by atoms with Crippen molar-refractivity contribution in [3.8, 4) is 5.82 Å². The first kappa shape index (κ1) is 18.3. The number of para-hydroxylation sites is 1. The molecule has 0 unspecified atom stereocenters. The number of imidazole rings is 1. The summed E-state index contributed by atoms with van der Waals surface area (Å²) in [7, 11) is 3.97. The maximum absolute atomic E-state index is 12.7.